The Kier molecular flexibility index (Phi) is 7.09. The van der Waals surface area contributed by atoms with E-state index in [-0.39, 0.29) is 0 Å². The Morgan fingerprint density at radius 2 is 1.81 bits per heavy atom. The lowest BCUT2D eigenvalue weighted by atomic mass is 10.2. The molecule has 0 saturated carbocycles. The maximum absolute atomic E-state index is 5.53. The fourth-order valence-electron chi connectivity index (χ4n) is 4.18. The third kappa shape index (κ3) is 5.02. The largest absolute Gasteiger partial charge is 0.495 e. The molecular formula is C23H32N6O2. The van der Waals surface area contributed by atoms with Crippen LogP contribution in [-0.4, -0.2) is 82.5 Å². The number of ether oxygens (including phenoxy) is 2. The van der Waals surface area contributed by atoms with E-state index in [9.17, 15) is 0 Å². The van der Waals surface area contributed by atoms with Crippen molar-refractivity contribution in [2.75, 3.05) is 76.4 Å². The molecule has 3 heterocycles. The zero-order valence-electron chi connectivity index (χ0n) is 18.5. The Hall–Kier alpha value is -3.00. The molecule has 1 aromatic heterocycles. The van der Waals surface area contributed by atoms with Crippen molar-refractivity contribution in [1.82, 2.24) is 15.2 Å². The van der Waals surface area contributed by atoms with E-state index in [4.69, 9.17) is 9.47 Å². The van der Waals surface area contributed by atoms with Crippen molar-refractivity contribution in [2.45, 2.75) is 6.54 Å². The van der Waals surface area contributed by atoms with E-state index in [2.05, 4.69) is 48.2 Å². The quantitative estimate of drug-likeness (QED) is 0.580. The first-order valence-electron chi connectivity index (χ1n) is 10.9. The number of piperazine rings is 1. The predicted octanol–water partition coefficient (Wildman–Crippen LogP) is 1.82. The van der Waals surface area contributed by atoms with Crippen LogP contribution in [0.15, 0.2) is 47.6 Å². The molecule has 166 valence electrons. The van der Waals surface area contributed by atoms with Gasteiger partial charge in [0.15, 0.2) is 5.96 Å². The summed E-state index contributed by atoms with van der Waals surface area (Å²) < 4.78 is 11.0. The summed E-state index contributed by atoms with van der Waals surface area (Å²) in [7, 11) is 3.57. The smallest absolute Gasteiger partial charge is 0.194 e. The number of nitrogens with zero attached hydrogens (tertiary/aromatic N) is 5. The third-order valence-electron chi connectivity index (χ3n) is 5.83. The number of aromatic nitrogens is 1. The van der Waals surface area contributed by atoms with E-state index in [1.165, 1.54) is 5.56 Å². The molecule has 0 unspecified atom stereocenters. The average Bonchev–Trinajstić information content (AvgIpc) is 2.85. The summed E-state index contributed by atoms with van der Waals surface area (Å²) in [5.41, 5.74) is 2.33. The zero-order valence-corrected chi connectivity index (χ0v) is 18.5. The van der Waals surface area contributed by atoms with Crippen molar-refractivity contribution in [3.63, 3.8) is 0 Å². The second-order valence-electron chi connectivity index (χ2n) is 7.63. The van der Waals surface area contributed by atoms with Crippen molar-refractivity contribution in [2.24, 2.45) is 4.99 Å². The van der Waals surface area contributed by atoms with Gasteiger partial charge in [-0.3, -0.25) is 4.99 Å². The van der Waals surface area contributed by atoms with Crippen LogP contribution in [-0.2, 0) is 11.3 Å². The topological polar surface area (TPSA) is 65.5 Å². The summed E-state index contributed by atoms with van der Waals surface area (Å²) >= 11 is 0. The molecule has 2 saturated heterocycles. The third-order valence-corrected chi connectivity index (χ3v) is 5.83. The number of aliphatic imine (C=N–C) groups is 1. The molecule has 1 aromatic carbocycles. The van der Waals surface area contributed by atoms with Gasteiger partial charge in [0.05, 0.1) is 26.0 Å². The standard InChI is InChI=1S/C23H32N6O2/c1-24-23(26-18-19-6-5-9-25-22(19)28-14-16-31-17-15-28)29-12-10-27(11-13-29)20-7-3-4-8-21(20)30-2/h3-9H,10-18H2,1-2H3,(H,24,26). The molecule has 2 aliphatic heterocycles. The van der Waals surface area contributed by atoms with E-state index >= 15 is 0 Å². The second kappa shape index (κ2) is 10.3. The number of pyridine rings is 1. The molecule has 0 spiro atoms. The number of methoxy groups -OCH3 is 1. The molecule has 4 rings (SSSR count). The van der Waals surface area contributed by atoms with Crippen LogP contribution >= 0.6 is 0 Å². The first-order chi connectivity index (χ1) is 15.3. The number of guanidine groups is 1. The fourth-order valence-corrected chi connectivity index (χ4v) is 4.18. The van der Waals surface area contributed by atoms with Gasteiger partial charge in [0, 0.05) is 64.6 Å². The number of anilines is 2. The predicted molar refractivity (Wildman–Crippen MR) is 124 cm³/mol. The summed E-state index contributed by atoms with van der Waals surface area (Å²) in [6.45, 7) is 7.61. The molecular weight excluding hydrogens is 392 g/mol. The van der Waals surface area contributed by atoms with Crippen LogP contribution in [0.2, 0.25) is 0 Å². The van der Waals surface area contributed by atoms with Crippen LogP contribution in [0.4, 0.5) is 11.5 Å². The van der Waals surface area contributed by atoms with Gasteiger partial charge in [-0.15, -0.1) is 0 Å². The lowest BCUT2D eigenvalue weighted by molar-refractivity contribution is 0.122. The highest BCUT2D eigenvalue weighted by Gasteiger charge is 2.22. The first-order valence-corrected chi connectivity index (χ1v) is 10.9. The van der Waals surface area contributed by atoms with Gasteiger partial charge in [0.25, 0.3) is 0 Å². The van der Waals surface area contributed by atoms with Crippen LogP contribution in [0.25, 0.3) is 0 Å². The van der Waals surface area contributed by atoms with E-state index in [0.717, 1.165) is 75.7 Å². The normalized spacial score (nSPS) is 17.6. The minimum atomic E-state index is 0.694. The lowest BCUT2D eigenvalue weighted by Crippen LogP contribution is -2.52. The first kappa shape index (κ1) is 21.2. The van der Waals surface area contributed by atoms with Gasteiger partial charge < -0.3 is 29.5 Å². The van der Waals surface area contributed by atoms with Crippen LogP contribution in [0.3, 0.4) is 0 Å². The van der Waals surface area contributed by atoms with Crippen LogP contribution in [0.5, 0.6) is 5.75 Å². The van der Waals surface area contributed by atoms with Crippen LogP contribution < -0.4 is 19.9 Å². The molecule has 31 heavy (non-hydrogen) atoms. The van der Waals surface area contributed by atoms with Crippen molar-refractivity contribution in [1.29, 1.82) is 0 Å². The van der Waals surface area contributed by atoms with Gasteiger partial charge in [0.2, 0.25) is 0 Å². The Balaban J connectivity index is 1.36. The fraction of sp³-hybridized carbons (Fsp3) is 0.478. The van der Waals surface area contributed by atoms with Crippen molar-refractivity contribution >= 4 is 17.5 Å². The van der Waals surface area contributed by atoms with Gasteiger partial charge in [-0.1, -0.05) is 18.2 Å². The molecule has 8 nitrogen and oxygen atoms in total. The summed E-state index contributed by atoms with van der Waals surface area (Å²) in [4.78, 5) is 16.2. The number of rotatable bonds is 5. The maximum atomic E-state index is 5.53. The summed E-state index contributed by atoms with van der Waals surface area (Å²) in [5.74, 6) is 2.89. The number of hydrogen-bond donors (Lipinski definition) is 1. The molecule has 1 N–H and O–H groups in total. The summed E-state index contributed by atoms with van der Waals surface area (Å²) in [6.07, 6.45) is 1.86. The molecule has 0 atom stereocenters. The summed E-state index contributed by atoms with van der Waals surface area (Å²) in [5, 5.41) is 3.55. The number of nitrogens with one attached hydrogen (secondary N) is 1. The Morgan fingerprint density at radius 3 is 2.55 bits per heavy atom. The van der Waals surface area contributed by atoms with Gasteiger partial charge in [-0.05, 0) is 18.2 Å². The van der Waals surface area contributed by atoms with Crippen LogP contribution in [0, 0.1) is 0 Å². The molecule has 8 heteroatoms. The maximum Gasteiger partial charge on any atom is 0.194 e. The second-order valence-corrected chi connectivity index (χ2v) is 7.63. The SMILES string of the molecule is CN=C(NCc1cccnc1N1CCOCC1)N1CCN(c2ccccc2OC)CC1. The Morgan fingerprint density at radius 1 is 1.03 bits per heavy atom. The van der Waals surface area contributed by atoms with Crippen molar-refractivity contribution in [3.8, 4) is 5.75 Å². The number of para-hydroxylation sites is 2. The van der Waals surface area contributed by atoms with Gasteiger partial charge >= 0.3 is 0 Å². The number of benzene rings is 1. The molecule has 0 bridgehead atoms. The average molecular weight is 425 g/mol. The molecule has 0 radical (unpaired) electrons. The lowest BCUT2D eigenvalue weighted by Gasteiger charge is -2.38. The highest BCUT2D eigenvalue weighted by atomic mass is 16.5. The van der Waals surface area contributed by atoms with E-state index in [0.29, 0.717) is 6.54 Å². The highest BCUT2D eigenvalue weighted by Crippen LogP contribution is 2.28. The molecule has 2 aliphatic rings. The Labute approximate surface area is 184 Å². The molecule has 2 aromatic rings. The van der Waals surface area contributed by atoms with E-state index in [1.54, 1.807) is 7.11 Å². The van der Waals surface area contributed by atoms with Crippen molar-refractivity contribution in [3.05, 3.63) is 48.2 Å². The Bertz CT molecular complexity index is 876. The number of morpholine rings is 1. The monoisotopic (exact) mass is 424 g/mol. The van der Waals surface area contributed by atoms with Gasteiger partial charge in [-0.2, -0.15) is 0 Å². The number of hydrogen-bond acceptors (Lipinski definition) is 6. The zero-order chi connectivity index (χ0) is 21.5. The minimum absolute atomic E-state index is 0.694. The molecule has 0 aliphatic carbocycles. The summed E-state index contributed by atoms with van der Waals surface area (Å²) in [6, 6.07) is 12.3. The van der Waals surface area contributed by atoms with Gasteiger partial charge in [0.1, 0.15) is 11.6 Å². The molecule has 0 amide bonds. The van der Waals surface area contributed by atoms with Crippen LogP contribution in [0.1, 0.15) is 5.56 Å². The highest BCUT2D eigenvalue weighted by molar-refractivity contribution is 5.80. The minimum Gasteiger partial charge on any atom is -0.495 e. The van der Waals surface area contributed by atoms with Gasteiger partial charge in [-0.25, -0.2) is 4.98 Å². The molecule has 2 fully saturated rings. The van der Waals surface area contributed by atoms with E-state index < -0.39 is 0 Å². The van der Waals surface area contributed by atoms with E-state index in [1.807, 2.05) is 31.4 Å². The van der Waals surface area contributed by atoms with Crippen molar-refractivity contribution < 1.29 is 9.47 Å².